The first-order chi connectivity index (χ1) is 14.0. The first-order valence-electron chi connectivity index (χ1n) is 9.57. The fourth-order valence-electron chi connectivity index (χ4n) is 3.21. The molecule has 0 spiro atoms. The molecule has 1 N–H and O–H groups in total. The van der Waals surface area contributed by atoms with Gasteiger partial charge in [0.05, 0.1) is 28.9 Å². The lowest BCUT2D eigenvalue weighted by molar-refractivity contribution is 0.0368. The fraction of sp³-hybridized carbons (Fsp3) is 0.381. The van der Waals surface area contributed by atoms with Crippen LogP contribution in [0.2, 0.25) is 10.0 Å². The molecule has 156 valence electrons. The molecule has 0 unspecified atom stereocenters. The van der Waals surface area contributed by atoms with E-state index in [1.165, 1.54) is 12.1 Å². The summed E-state index contributed by atoms with van der Waals surface area (Å²) in [6.45, 7) is 5.65. The van der Waals surface area contributed by atoms with Gasteiger partial charge in [0.1, 0.15) is 5.82 Å². The van der Waals surface area contributed by atoms with Crippen LogP contribution in [0.5, 0.6) is 0 Å². The summed E-state index contributed by atoms with van der Waals surface area (Å²) in [5.74, 6) is -0.257. The monoisotopic (exact) mass is 455 g/mol. The van der Waals surface area contributed by atoms with Gasteiger partial charge >= 0.3 is 0 Å². The van der Waals surface area contributed by atoms with E-state index < -0.39 is 0 Å². The first-order valence-corrected chi connectivity index (χ1v) is 10.7. The Bertz CT molecular complexity index is 833. The number of rotatable bonds is 7. The maximum atomic E-state index is 13.6. The van der Waals surface area contributed by atoms with Gasteiger partial charge in [0.2, 0.25) is 0 Å². The number of nitrogens with zero attached hydrogens (tertiary/aromatic N) is 2. The van der Waals surface area contributed by atoms with Crippen molar-refractivity contribution in [2.45, 2.75) is 13.0 Å². The second-order valence-electron chi connectivity index (χ2n) is 6.89. The van der Waals surface area contributed by atoms with Gasteiger partial charge in [-0.2, -0.15) is 0 Å². The van der Waals surface area contributed by atoms with E-state index in [0.717, 1.165) is 51.4 Å². The smallest absolute Gasteiger partial charge is 0.173 e. The Morgan fingerprint density at radius 2 is 1.93 bits per heavy atom. The van der Waals surface area contributed by atoms with E-state index in [1.54, 1.807) is 12.1 Å². The zero-order valence-corrected chi connectivity index (χ0v) is 18.4. The third-order valence-electron chi connectivity index (χ3n) is 4.75. The third kappa shape index (κ3) is 6.79. The van der Waals surface area contributed by atoms with Crippen LogP contribution < -0.4 is 5.32 Å². The summed E-state index contributed by atoms with van der Waals surface area (Å²) in [7, 11) is 0. The number of thiocarbonyl (C=S) groups is 1. The molecule has 0 amide bonds. The van der Waals surface area contributed by atoms with Crippen molar-refractivity contribution in [3.05, 3.63) is 63.9 Å². The molecule has 0 aromatic heterocycles. The molecule has 1 fully saturated rings. The summed E-state index contributed by atoms with van der Waals surface area (Å²) in [6, 6.07) is 11.9. The molecule has 0 aliphatic carbocycles. The zero-order chi connectivity index (χ0) is 20.6. The highest BCUT2D eigenvalue weighted by molar-refractivity contribution is 7.80. The van der Waals surface area contributed by atoms with Crippen LogP contribution in [-0.2, 0) is 11.3 Å². The molecule has 4 nitrogen and oxygen atoms in total. The number of hydrogen-bond acceptors (Lipinski definition) is 3. The Morgan fingerprint density at radius 1 is 1.17 bits per heavy atom. The van der Waals surface area contributed by atoms with Crippen molar-refractivity contribution in [3.63, 3.8) is 0 Å². The quantitative estimate of drug-likeness (QED) is 0.589. The highest BCUT2D eigenvalue weighted by Gasteiger charge is 2.15. The predicted octanol–water partition coefficient (Wildman–Crippen LogP) is 5.05. The minimum absolute atomic E-state index is 0.257. The highest BCUT2D eigenvalue weighted by Crippen LogP contribution is 2.29. The molecule has 1 saturated heterocycles. The summed E-state index contributed by atoms with van der Waals surface area (Å²) < 4.78 is 19.0. The maximum absolute atomic E-state index is 13.6. The molecular formula is C21H24Cl2FN3OS. The molecule has 2 aromatic carbocycles. The highest BCUT2D eigenvalue weighted by atomic mass is 35.5. The minimum Gasteiger partial charge on any atom is -0.379 e. The van der Waals surface area contributed by atoms with Gasteiger partial charge in [-0.15, -0.1) is 0 Å². The van der Waals surface area contributed by atoms with Gasteiger partial charge in [0.15, 0.2) is 5.11 Å². The van der Waals surface area contributed by atoms with E-state index in [2.05, 4.69) is 10.2 Å². The second kappa shape index (κ2) is 11.1. The van der Waals surface area contributed by atoms with Crippen LogP contribution >= 0.6 is 35.4 Å². The van der Waals surface area contributed by atoms with Crippen molar-refractivity contribution in [2.24, 2.45) is 0 Å². The lowest BCUT2D eigenvalue weighted by atomic mass is 10.2. The molecule has 1 heterocycles. The molecule has 8 heteroatoms. The number of anilines is 1. The summed E-state index contributed by atoms with van der Waals surface area (Å²) >= 11 is 18.0. The van der Waals surface area contributed by atoms with E-state index in [1.807, 2.05) is 23.1 Å². The number of morpholine rings is 1. The maximum Gasteiger partial charge on any atom is 0.173 e. The van der Waals surface area contributed by atoms with Gasteiger partial charge in [-0.05, 0) is 48.5 Å². The Balaban J connectivity index is 1.66. The first kappa shape index (κ1) is 22.2. The van der Waals surface area contributed by atoms with Crippen LogP contribution in [0.15, 0.2) is 42.5 Å². The van der Waals surface area contributed by atoms with Crippen LogP contribution in [-0.4, -0.2) is 54.3 Å². The largest absolute Gasteiger partial charge is 0.379 e. The Hall–Kier alpha value is -1.44. The summed E-state index contributed by atoms with van der Waals surface area (Å²) in [6.07, 6.45) is 0.931. The van der Waals surface area contributed by atoms with Crippen molar-refractivity contribution >= 4 is 46.2 Å². The number of benzene rings is 2. The van der Waals surface area contributed by atoms with E-state index >= 15 is 0 Å². The SMILES string of the molecule is Fc1cccc(CN(CCCN2CCOCC2)C(=S)Nc2cccc(Cl)c2Cl)c1. The molecule has 0 saturated carbocycles. The van der Waals surface area contributed by atoms with Crippen molar-refractivity contribution in [2.75, 3.05) is 44.7 Å². The Morgan fingerprint density at radius 3 is 2.69 bits per heavy atom. The van der Waals surface area contributed by atoms with E-state index in [0.29, 0.717) is 27.4 Å². The van der Waals surface area contributed by atoms with E-state index in [4.69, 9.17) is 40.2 Å². The number of nitrogens with one attached hydrogen (secondary N) is 1. The lowest BCUT2D eigenvalue weighted by Crippen LogP contribution is -2.40. The van der Waals surface area contributed by atoms with Crippen LogP contribution in [0.1, 0.15) is 12.0 Å². The Labute approximate surface area is 186 Å². The summed E-state index contributed by atoms with van der Waals surface area (Å²) in [5.41, 5.74) is 1.51. The van der Waals surface area contributed by atoms with Crippen LogP contribution in [0.25, 0.3) is 0 Å². The van der Waals surface area contributed by atoms with Gasteiger partial charge in [-0.25, -0.2) is 4.39 Å². The van der Waals surface area contributed by atoms with Crippen molar-refractivity contribution in [3.8, 4) is 0 Å². The molecule has 3 rings (SSSR count). The molecule has 0 atom stereocenters. The van der Waals surface area contributed by atoms with Crippen molar-refractivity contribution in [1.82, 2.24) is 9.80 Å². The van der Waals surface area contributed by atoms with Crippen LogP contribution in [0.4, 0.5) is 10.1 Å². The number of ether oxygens (including phenoxy) is 1. The molecule has 0 bridgehead atoms. The zero-order valence-electron chi connectivity index (χ0n) is 16.0. The summed E-state index contributed by atoms with van der Waals surface area (Å²) in [5, 5.41) is 4.60. The number of halogens is 3. The molecule has 2 aromatic rings. The average Bonchev–Trinajstić information content (AvgIpc) is 2.71. The fourth-order valence-corrected chi connectivity index (χ4v) is 3.83. The van der Waals surface area contributed by atoms with Gasteiger partial charge in [-0.3, -0.25) is 4.90 Å². The lowest BCUT2D eigenvalue weighted by Gasteiger charge is -2.30. The van der Waals surface area contributed by atoms with Crippen LogP contribution in [0.3, 0.4) is 0 Å². The van der Waals surface area contributed by atoms with Crippen molar-refractivity contribution in [1.29, 1.82) is 0 Å². The summed E-state index contributed by atoms with van der Waals surface area (Å²) in [4.78, 5) is 4.41. The molecule has 29 heavy (non-hydrogen) atoms. The Kier molecular flexibility index (Phi) is 8.51. The minimum atomic E-state index is -0.257. The van der Waals surface area contributed by atoms with E-state index in [-0.39, 0.29) is 5.82 Å². The van der Waals surface area contributed by atoms with Gasteiger partial charge in [0.25, 0.3) is 0 Å². The van der Waals surface area contributed by atoms with Gasteiger partial charge in [0, 0.05) is 32.7 Å². The normalized spacial score (nSPS) is 14.6. The molecule has 0 radical (unpaired) electrons. The van der Waals surface area contributed by atoms with Crippen molar-refractivity contribution < 1.29 is 9.13 Å². The topological polar surface area (TPSA) is 27.7 Å². The van der Waals surface area contributed by atoms with Gasteiger partial charge in [-0.1, -0.05) is 41.4 Å². The van der Waals surface area contributed by atoms with E-state index in [9.17, 15) is 4.39 Å². The molecule has 1 aliphatic heterocycles. The standard InChI is InChI=1S/C21H24Cl2FN3OS/c22-18-6-2-7-19(20(18)23)25-21(29)27(15-16-4-1-5-17(24)14-16)9-3-8-26-10-12-28-13-11-26/h1-2,4-7,14H,3,8-13,15H2,(H,25,29). The molecular weight excluding hydrogens is 432 g/mol. The van der Waals surface area contributed by atoms with Gasteiger partial charge < -0.3 is 15.0 Å². The number of hydrogen-bond donors (Lipinski definition) is 1. The third-order valence-corrected chi connectivity index (χ3v) is 5.93. The average molecular weight is 456 g/mol. The predicted molar refractivity (Wildman–Crippen MR) is 121 cm³/mol. The van der Waals surface area contributed by atoms with Crippen LogP contribution in [0, 0.1) is 5.82 Å². The second-order valence-corrected chi connectivity index (χ2v) is 8.06. The molecule has 1 aliphatic rings.